The molecule has 2 rings (SSSR count). The molecule has 0 unspecified atom stereocenters. The molecule has 0 saturated heterocycles. The molecule has 1 aromatic carbocycles. The van der Waals surface area contributed by atoms with Gasteiger partial charge in [-0.3, -0.25) is 0 Å². The molecule has 0 bridgehead atoms. The fourth-order valence-electron chi connectivity index (χ4n) is 2.33. The molecule has 0 aromatic heterocycles. The summed E-state index contributed by atoms with van der Waals surface area (Å²) in [7, 11) is 1.41. The Kier molecular flexibility index (Phi) is 2.86. The smallest absolute Gasteiger partial charge is 0.274 e. The summed E-state index contributed by atoms with van der Waals surface area (Å²) in [6.45, 7) is 1.31. The van der Waals surface area contributed by atoms with E-state index in [4.69, 9.17) is 10.5 Å². The number of hydrogen-bond donors (Lipinski definition) is 1. The third kappa shape index (κ3) is 2.02. The Morgan fingerprint density at radius 1 is 1.41 bits per heavy atom. The fourth-order valence-corrected chi connectivity index (χ4v) is 2.33. The lowest BCUT2D eigenvalue weighted by Crippen LogP contribution is -2.24. The summed E-state index contributed by atoms with van der Waals surface area (Å²) in [6, 6.07) is 5.07. The van der Waals surface area contributed by atoms with E-state index in [-0.39, 0.29) is 16.7 Å². The lowest BCUT2D eigenvalue weighted by Gasteiger charge is -2.23. The van der Waals surface area contributed by atoms with Crippen molar-refractivity contribution in [2.45, 2.75) is 31.1 Å². The normalized spacial score (nSPS) is 17.9. The van der Waals surface area contributed by atoms with Gasteiger partial charge in [0.25, 0.3) is 5.92 Å². The fraction of sp³-hybridized carbons (Fsp3) is 0.538. The molecule has 2 nitrogen and oxygen atoms in total. The van der Waals surface area contributed by atoms with Crippen LogP contribution in [0.2, 0.25) is 0 Å². The minimum absolute atomic E-state index is 0.00884. The average Bonchev–Trinajstić information content (AvgIpc) is 3.07. The van der Waals surface area contributed by atoms with Gasteiger partial charge in [0.1, 0.15) is 5.75 Å². The Morgan fingerprint density at radius 3 is 2.47 bits per heavy atom. The van der Waals surface area contributed by atoms with E-state index in [1.54, 1.807) is 18.2 Å². The van der Waals surface area contributed by atoms with Gasteiger partial charge in [0, 0.05) is 18.9 Å². The molecule has 0 amide bonds. The van der Waals surface area contributed by atoms with Gasteiger partial charge in [0.05, 0.1) is 12.7 Å². The van der Waals surface area contributed by atoms with E-state index in [0.29, 0.717) is 12.1 Å². The summed E-state index contributed by atoms with van der Waals surface area (Å²) in [5.41, 5.74) is 6.09. The predicted molar refractivity (Wildman–Crippen MR) is 62.5 cm³/mol. The molecule has 0 spiro atoms. The summed E-state index contributed by atoms with van der Waals surface area (Å²) in [5.74, 6) is -2.66. The van der Waals surface area contributed by atoms with E-state index in [2.05, 4.69) is 0 Å². The van der Waals surface area contributed by atoms with E-state index in [9.17, 15) is 8.78 Å². The topological polar surface area (TPSA) is 35.2 Å². The molecule has 0 aliphatic heterocycles. The lowest BCUT2D eigenvalue weighted by molar-refractivity contribution is 0.0136. The first-order valence-corrected chi connectivity index (χ1v) is 5.70. The molecule has 1 aliphatic rings. The number of alkyl halides is 2. The highest BCUT2D eigenvalue weighted by molar-refractivity contribution is 5.49. The van der Waals surface area contributed by atoms with Crippen LogP contribution in [0.4, 0.5) is 8.78 Å². The second-order valence-electron chi connectivity index (χ2n) is 4.76. The van der Waals surface area contributed by atoms with Crippen molar-refractivity contribution in [3.8, 4) is 5.75 Å². The van der Waals surface area contributed by atoms with Crippen LogP contribution in [0.15, 0.2) is 18.2 Å². The van der Waals surface area contributed by atoms with Crippen LogP contribution in [0, 0.1) is 0 Å². The van der Waals surface area contributed by atoms with Crippen molar-refractivity contribution in [3.63, 3.8) is 0 Å². The van der Waals surface area contributed by atoms with Crippen molar-refractivity contribution in [3.05, 3.63) is 29.3 Å². The zero-order valence-corrected chi connectivity index (χ0v) is 10.1. The van der Waals surface area contributed by atoms with E-state index in [1.165, 1.54) is 7.11 Å². The maximum absolute atomic E-state index is 13.7. The van der Waals surface area contributed by atoms with E-state index in [0.717, 1.165) is 19.8 Å². The molecule has 1 aromatic rings. The quantitative estimate of drug-likeness (QED) is 0.879. The van der Waals surface area contributed by atoms with Crippen molar-refractivity contribution in [2.24, 2.45) is 5.73 Å². The molecule has 4 heteroatoms. The van der Waals surface area contributed by atoms with Crippen LogP contribution in [-0.4, -0.2) is 13.7 Å². The molecule has 1 aliphatic carbocycles. The Hall–Kier alpha value is -1.16. The van der Waals surface area contributed by atoms with E-state index < -0.39 is 5.92 Å². The number of ether oxygens (including phenoxy) is 1. The van der Waals surface area contributed by atoms with Gasteiger partial charge >= 0.3 is 0 Å². The number of methoxy groups -OCH3 is 1. The number of nitrogens with two attached hydrogens (primary N) is 1. The van der Waals surface area contributed by atoms with Gasteiger partial charge in [-0.25, -0.2) is 8.78 Å². The average molecular weight is 241 g/mol. The third-order valence-corrected chi connectivity index (χ3v) is 3.50. The highest BCUT2D eigenvalue weighted by atomic mass is 19.3. The maximum atomic E-state index is 13.7. The number of rotatable bonds is 4. The second-order valence-corrected chi connectivity index (χ2v) is 4.76. The summed E-state index contributed by atoms with van der Waals surface area (Å²) in [4.78, 5) is 0. The molecule has 0 radical (unpaired) electrons. The first-order valence-electron chi connectivity index (χ1n) is 5.70. The van der Waals surface area contributed by atoms with Crippen LogP contribution in [0.25, 0.3) is 0 Å². The van der Waals surface area contributed by atoms with Crippen LogP contribution >= 0.6 is 0 Å². The molecule has 17 heavy (non-hydrogen) atoms. The van der Waals surface area contributed by atoms with Crippen LogP contribution in [0.5, 0.6) is 5.75 Å². The van der Waals surface area contributed by atoms with Crippen molar-refractivity contribution in [2.75, 3.05) is 13.7 Å². The molecule has 2 N–H and O–H groups in total. The summed E-state index contributed by atoms with van der Waals surface area (Å²) in [5, 5.41) is 0. The van der Waals surface area contributed by atoms with Crippen molar-refractivity contribution in [1.82, 2.24) is 0 Å². The number of hydrogen-bond acceptors (Lipinski definition) is 2. The van der Waals surface area contributed by atoms with Gasteiger partial charge < -0.3 is 10.5 Å². The third-order valence-electron chi connectivity index (χ3n) is 3.50. The lowest BCUT2D eigenvalue weighted by atomic mass is 9.88. The Morgan fingerprint density at radius 2 is 2.06 bits per heavy atom. The highest BCUT2D eigenvalue weighted by Gasteiger charge is 2.47. The maximum Gasteiger partial charge on any atom is 0.274 e. The SMILES string of the molecule is COc1cccc(C2(CN)CC2)c1C(C)(F)F. The van der Waals surface area contributed by atoms with E-state index in [1.807, 2.05) is 0 Å². The summed E-state index contributed by atoms with van der Waals surface area (Å²) >= 11 is 0. The zero-order chi connectivity index (χ0) is 12.7. The highest BCUT2D eigenvalue weighted by Crippen LogP contribution is 2.52. The number of halogens is 2. The summed E-state index contributed by atoms with van der Waals surface area (Å²) in [6.07, 6.45) is 1.75. The zero-order valence-electron chi connectivity index (χ0n) is 10.1. The molecule has 94 valence electrons. The van der Waals surface area contributed by atoms with Crippen molar-refractivity contribution >= 4 is 0 Å². The van der Waals surface area contributed by atoms with Gasteiger partial charge in [-0.1, -0.05) is 12.1 Å². The second kappa shape index (κ2) is 3.95. The molecule has 1 fully saturated rings. The molecular weight excluding hydrogens is 224 g/mol. The van der Waals surface area contributed by atoms with Gasteiger partial charge in [-0.15, -0.1) is 0 Å². The molecule has 0 heterocycles. The van der Waals surface area contributed by atoms with Crippen LogP contribution in [0.1, 0.15) is 30.9 Å². The van der Waals surface area contributed by atoms with Gasteiger partial charge in [0.2, 0.25) is 0 Å². The molecule has 0 atom stereocenters. The van der Waals surface area contributed by atoms with E-state index >= 15 is 0 Å². The summed E-state index contributed by atoms with van der Waals surface area (Å²) < 4.78 is 32.5. The Balaban J connectivity index is 2.59. The minimum Gasteiger partial charge on any atom is -0.496 e. The Labute approximate surface area is 99.8 Å². The monoisotopic (exact) mass is 241 g/mol. The predicted octanol–water partition coefficient (Wildman–Crippen LogP) is 2.80. The van der Waals surface area contributed by atoms with Gasteiger partial charge in [0.15, 0.2) is 0 Å². The van der Waals surface area contributed by atoms with Gasteiger partial charge in [-0.05, 0) is 24.5 Å². The van der Waals surface area contributed by atoms with Crippen LogP contribution in [-0.2, 0) is 11.3 Å². The standard InChI is InChI=1S/C13H17F2NO/c1-12(14,15)11-9(13(8-16)6-7-13)4-3-5-10(11)17-2/h3-5H,6-8,16H2,1-2H3. The first-order chi connectivity index (χ1) is 7.94. The first kappa shape index (κ1) is 12.3. The van der Waals surface area contributed by atoms with Crippen molar-refractivity contribution in [1.29, 1.82) is 0 Å². The minimum atomic E-state index is -2.91. The molecular formula is C13H17F2NO. The van der Waals surface area contributed by atoms with Crippen LogP contribution in [0.3, 0.4) is 0 Å². The van der Waals surface area contributed by atoms with Crippen LogP contribution < -0.4 is 10.5 Å². The Bertz CT molecular complexity index is 422. The van der Waals surface area contributed by atoms with Gasteiger partial charge in [-0.2, -0.15) is 0 Å². The largest absolute Gasteiger partial charge is 0.496 e. The van der Waals surface area contributed by atoms with Crippen molar-refractivity contribution < 1.29 is 13.5 Å². The molecule has 1 saturated carbocycles. The number of benzene rings is 1.